The molecule has 2 N–H and O–H groups in total. The molecule has 98 valence electrons. The van der Waals surface area contributed by atoms with Crippen LogP contribution in [0, 0.1) is 31.5 Å². The van der Waals surface area contributed by atoms with Gasteiger partial charge in [-0.15, -0.1) is 0 Å². The van der Waals surface area contributed by atoms with Crippen LogP contribution in [0.15, 0.2) is 12.1 Å². The molecular weight excluding hydrogens is 229 g/mol. The summed E-state index contributed by atoms with van der Waals surface area (Å²) in [6.07, 6.45) is 2.84. The number of rotatable bonds is 3. The monoisotopic (exact) mass is 249 g/mol. The minimum Gasteiger partial charge on any atom is -0.330 e. The fourth-order valence-electron chi connectivity index (χ4n) is 3.08. The van der Waals surface area contributed by atoms with Crippen LogP contribution in [0.4, 0.5) is 4.39 Å². The van der Waals surface area contributed by atoms with Crippen LogP contribution < -0.4 is 5.73 Å². The van der Waals surface area contributed by atoms with Crippen LogP contribution in [-0.4, -0.2) is 12.3 Å². The number of hydrogen-bond acceptors (Lipinski definition) is 2. The van der Waals surface area contributed by atoms with E-state index in [0.717, 1.165) is 30.4 Å². The molecule has 18 heavy (non-hydrogen) atoms. The van der Waals surface area contributed by atoms with E-state index in [1.807, 2.05) is 13.0 Å². The number of ketones is 1. The summed E-state index contributed by atoms with van der Waals surface area (Å²) in [7, 11) is 0. The van der Waals surface area contributed by atoms with Gasteiger partial charge in [-0.1, -0.05) is 12.5 Å². The fraction of sp³-hybridized carbons (Fsp3) is 0.533. The molecule has 0 bridgehead atoms. The third kappa shape index (κ3) is 2.32. The first-order valence-corrected chi connectivity index (χ1v) is 6.55. The Morgan fingerprint density at radius 1 is 1.39 bits per heavy atom. The lowest BCUT2D eigenvalue weighted by molar-refractivity contribution is 0.0888. The molecule has 0 radical (unpaired) electrons. The molecule has 0 saturated heterocycles. The van der Waals surface area contributed by atoms with Crippen molar-refractivity contribution in [1.82, 2.24) is 0 Å². The predicted molar refractivity (Wildman–Crippen MR) is 70.1 cm³/mol. The average molecular weight is 249 g/mol. The zero-order valence-electron chi connectivity index (χ0n) is 11.0. The second-order valence-corrected chi connectivity index (χ2v) is 5.34. The minimum absolute atomic E-state index is 0.0575. The fourth-order valence-corrected chi connectivity index (χ4v) is 3.08. The first-order valence-electron chi connectivity index (χ1n) is 6.55. The maximum atomic E-state index is 14.0. The van der Waals surface area contributed by atoms with Gasteiger partial charge in [-0.3, -0.25) is 4.79 Å². The van der Waals surface area contributed by atoms with E-state index in [0.29, 0.717) is 6.54 Å². The molecule has 1 fully saturated rings. The third-order valence-electron chi connectivity index (χ3n) is 3.98. The molecular formula is C15H20FNO. The molecule has 0 aromatic heterocycles. The summed E-state index contributed by atoms with van der Waals surface area (Å²) in [6, 6.07) is 3.30. The highest BCUT2D eigenvalue weighted by Crippen LogP contribution is 2.34. The van der Waals surface area contributed by atoms with Crippen molar-refractivity contribution in [1.29, 1.82) is 0 Å². The van der Waals surface area contributed by atoms with E-state index in [2.05, 4.69) is 0 Å². The maximum absolute atomic E-state index is 14.0. The second-order valence-electron chi connectivity index (χ2n) is 5.34. The number of carbonyl (C=O) groups is 1. The van der Waals surface area contributed by atoms with Gasteiger partial charge in [0.2, 0.25) is 0 Å². The van der Waals surface area contributed by atoms with Gasteiger partial charge in [0.1, 0.15) is 5.82 Å². The van der Waals surface area contributed by atoms with Crippen LogP contribution in [0.2, 0.25) is 0 Å². The van der Waals surface area contributed by atoms with Gasteiger partial charge in [0, 0.05) is 5.92 Å². The Bertz CT molecular complexity index is 447. The lowest BCUT2D eigenvalue weighted by Gasteiger charge is -2.18. The third-order valence-corrected chi connectivity index (χ3v) is 3.98. The lowest BCUT2D eigenvalue weighted by atomic mass is 9.86. The van der Waals surface area contributed by atoms with E-state index in [1.165, 1.54) is 6.07 Å². The van der Waals surface area contributed by atoms with Crippen molar-refractivity contribution < 1.29 is 9.18 Å². The number of Topliss-reactive ketones (excluding diaryl/α,β-unsaturated/α-hetero) is 1. The van der Waals surface area contributed by atoms with Crippen molar-refractivity contribution in [2.45, 2.75) is 33.1 Å². The van der Waals surface area contributed by atoms with E-state index >= 15 is 0 Å². The summed E-state index contributed by atoms with van der Waals surface area (Å²) in [6.45, 7) is 4.15. The highest BCUT2D eigenvalue weighted by molar-refractivity contribution is 5.99. The van der Waals surface area contributed by atoms with E-state index in [4.69, 9.17) is 5.73 Å². The first-order chi connectivity index (χ1) is 8.54. The summed E-state index contributed by atoms with van der Waals surface area (Å²) in [5.74, 6) is -0.318. The maximum Gasteiger partial charge on any atom is 0.169 e. The van der Waals surface area contributed by atoms with Crippen molar-refractivity contribution in [2.24, 2.45) is 17.6 Å². The molecule has 2 nitrogen and oxygen atoms in total. The van der Waals surface area contributed by atoms with Crippen molar-refractivity contribution in [3.63, 3.8) is 0 Å². The molecule has 2 rings (SSSR count). The standard InChI is InChI=1S/C15H20FNO/c1-9-6-10(2)14(13(16)7-9)15(18)12-5-3-4-11(12)8-17/h6-7,11-12H,3-5,8,17H2,1-2H3. The Balaban J connectivity index is 2.34. The molecule has 1 aromatic carbocycles. The number of carbonyl (C=O) groups excluding carboxylic acids is 1. The van der Waals surface area contributed by atoms with Crippen molar-refractivity contribution in [3.05, 3.63) is 34.6 Å². The molecule has 1 aromatic rings. The number of nitrogens with two attached hydrogens (primary N) is 1. The van der Waals surface area contributed by atoms with Gasteiger partial charge in [-0.25, -0.2) is 4.39 Å². The molecule has 0 amide bonds. The van der Waals surface area contributed by atoms with E-state index in [-0.39, 0.29) is 29.0 Å². The van der Waals surface area contributed by atoms with Gasteiger partial charge in [-0.05, 0) is 56.3 Å². The van der Waals surface area contributed by atoms with Crippen molar-refractivity contribution in [3.8, 4) is 0 Å². The summed E-state index contributed by atoms with van der Waals surface area (Å²) in [4.78, 5) is 12.5. The van der Waals surface area contributed by atoms with Crippen LogP contribution >= 0.6 is 0 Å². The second kappa shape index (κ2) is 5.19. The largest absolute Gasteiger partial charge is 0.330 e. The van der Waals surface area contributed by atoms with Crippen LogP contribution in [0.25, 0.3) is 0 Å². The van der Waals surface area contributed by atoms with Crippen LogP contribution in [0.1, 0.15) is 40.7 Å². The van der Waals surface area contributed by atoms with Gasteiger partial charge in [0.05, 0.1) is 5.56 Å². The summed E-state index contributed by atoms with van der Waals surface area (Å²) in [5.41, 5.74) is 7.55. The van der Waals surface area contributed by atoms with Crippen LogP contribution in [0.5, 0.6) is 0 Å². The predicted octanol–water partition coefficient (Wildman–Crippen LogP) is 3.00. The number of hydrogen-bond donors (Lipinski definition) is 1. The summed E-state index contributed by atoms with van der Waals surface area (Å²) >= 11 is 0. The Morgan fingerprint density at radius 2 is 2.11 bits per heavy atom. The number of benzene rings is 1. The number of aryl methyl sites for hydroxylation is 2. The molecule has 1 aliphatic carbocycles. The molecule has 1 aliphatic rings. The van der Waals surface area contributed by atoms with Gasteiger partial charge in [0.15, 0.2) is 5.78 Å². The summed E-state index contributed by atoms with van der Waals surface area (Å²) < 4.78 is 14.0. The molecule has 3 heteroatoms. The highest BCUT2D eigenvalue weighted by Gasteiger charge is 2.34. The van der Waals surface area contributed by atoms with E-state index in [9.17, 15) is 9.18 Å². The summed E-state index contributed by atoms with van der Waals surface area (Å²) in [5, 5.41) is 0. The molecule has 2 atom stereocenters. The van der Waals surface area contributed by atoms with Gasteiger partial charge in [0.25, 0.3) is 0 Å². The molecule has 0 spiro atoms. The Morgan fingerprint density at radius 3 is 2.72 bits per heavy atom. The number of halogens is 1. The van der Waals surface area contributed by atoms with Crippen molar-refractivity contribution >= 4 is 5.78 Å². The molecule has 0 aliphatic heterocycles. The molecule has 0 heterocycles. The SMILES string of the molecule is Cc1cc(C)c(C(=O)C2CCCC2CN)c(F)c1. The minimum atomic E-state index is -0.389. The Hall–Kier alpha value is -1.22. The van der Waals surface area contributed by atoms with Gasteiger partial charge >= 0.3 is 0 Å². The normalized spacial score (nSPS) is 23.3. The quantitative estimate of drug-likeness (QED) is 0.837. The Labute approximate surface area is 107 Å². The van der Waals surface area contributed by atoms with Crippen LogP contribution in [-0.2, 0) is 0 Å². The molecule has 2 unspecified atom stereocenters. The van der Waals surface area contributed by atoms with Crippen LogP contribution in [0.3, 0.4) is 0 Å². The molecule has 1 saturated carbocycles. The lowest BCUT2D eigenvalue weighted by Crippen LogP contribution is -2.26. The average Bonchev–Trinajstić information content (AvgIpc) is 2.75. The van der Waals surface area contributed by atoms with Crippen molar-refractivity contribution in [2.75, 3.05) is 6.54 Å². The smallest absolute Gasteiger partial charge is 0.169 e. The topological polar surface area (TPSA) is 43.1 Å². The zero-order valence-corrected chi connectivity index (χ0v) is 11.0. The van der Waals surface area contributed by atoms with Gasteiger partial charge < -0.3 is 5.73 Å². The Kier molecular flexibility index (Phi) is 3.81. The van der Waals surface area contributed by atoms with E-state index < -0.39 is 0 Å². The highest BCUT2D eigenvalue weighted by atomic mass is 19.1. The van der Waals surface area contributed by atoms with E-state index in [1.54, 1.807) is 6.92 Å². The first kappa shape index (κ1) is 13.2. The van der Waals surface area contributed by atoms with Gasteiger partial charge in [-0.2, -0.15) is 0 Å². The zero-order chi connectivity index (χ0) is 13.3.